The Bertz CT molecular complexity index is 410. The van der Waals surface area contributed by atoms with Crippen LogP contribution in [0.5, 0.6) is 5.75 Å². The molecule has 17 heavy (non-hydrogen) atoms. The maximum absolute atomic E-state index is 11.0. The lowest BCUT2D eigenvalue weighted by Gasteiger charge is -2.23. The van der Waals surface area contributed by atoms with Crippen LogP contribution >= 0.6 is 0 Å². The van der Waals surface area contributed by atoms with E-state index < -0.39 is 11.4 Å². The van der Waals surface area contributed by atoms with Crippen molar-refractivity contribution in [1.82, 2.24) is 0 Å². The molecule has 0 aliphatic heterocycles. The number of rotatable bonds is 5. The molecule has 0 saturated heterocycles. The van der Waals surface area contributed by atoms with Gasteiger partial charge in [-0.2, -0.15) is 0 Å². The van der Waals surface area contributed by atoms with Crippen molar-refractivity contribution in [3.05, 3.63) is 29.3 Å². The van der Waals surface area contributed by atoms with Gasteiger partial charge >= 0.3 is 5.97 Å². The van der Waals surface area contributed by atoms with Gasteiger partial charge in [0.1, 0.15) is 11.3 Å². The smallest absolute Gasteiger partial charge is 0.339 e. The molecule has 4 heteroatoms. The molecule has 0 atom stereocenters. The summed E-state index contributed by atoms with van der Waals surface area (Å²) in [5, 5.41) is 18.3. The van der Waals surface area contributed by atoms with Crippen LogP contribution < -0.4 is 4.74 Å². The zero-order valence-corrected chi connectivity index (χ0v) is 10.4. The molecule has 1 rings (SSSR count). The summed E-state index contributed by atoms with van der Waals surface area (Å²) in [6.07, 6.45) is 0. The number of hydrogen-bond donors (Lipinski definition) is 2. The zero-order chi connectivity index (χ0) is 13.1. The van der Waals surface area contributed by atoms with Gasteiger partial charge in [-0.05, 0) is 24.6 Å². The first-order valence-electron chi connectivity index (χ1n) is 5.54. The van der Waals surface area contributed by atoms with Crippen molar-refractivity contribution in [2.24, 2.45) is 0 Å². The Kier molecular flexibility index (Phi) is 4.12. The molecule has 0 saturated carbocycles. The van der Waals surface area contributed by atoms with Crippen molar-refractivity contribution in [1.29, 1.82) is 0 Å². The number of aromatic carboxylic acids is 1. The second-order valence-corrected chi connectivity index (χ2v) is 4.49. The van der Waals surface area contributed by atoms with Crippen LogP contribution in [0.1, 0.15) is 36.7 Å². The highest BCUT2D eigenvalue weighted by molar-refractivity contribution is 5.91. The topological polar surface area (TPSA) is 66.8 Å². The summed E-state index contributed by atoms with van der Waals surface area (Å²) in [5.74, 6) is -0.666. The minimum Gasteiger partial charge on any atom is -0.493 e. The first kappa shape index (κ1) is 13.5. The van der Waals surface area contributed by atoms with Gasteiger partial charge in [-0.3, -0.25) is 0 Å². The number of ether oxygens (including phenoxy) is 1. The van der Waals surface area contributed by atoms with Gasteiger partial charge in [0.05, 0.1) is 13.2 Å². The Hall–Kier alpha value is -1.55. The predicted molar refractivity (Wildman–Crippen MR) is 64.7 cm³/mol. The minimum absolute atomic E-state index is 0.00895. The highest BCUT2D eigenvalue weighted by atomic mass is 16.5. The van der Waals surface area contributed by atoms with E-state index in [1.165, 1.54) is 6.07 Å². The Morgan fingerprint density at radius 1 is 1.41 bits per heavy atom. The summed E-state index contributed by atoms with van der Waals surface area (Å²) in [6.45, 7) is 5.97. The number of hydrogen-bond acceptors (Lipinski definition) is 3. The van der Waals surface area contributed by atoms with Crippen molar-refractivity contribution in [2.45, 2.75) is 26.2 Å². The normalized spacial score (nSPS) is 11.3. The van der Waals surface area contributed by atoms with E-state index in [-0.39, 0.29) is 12.2 Å². The van der Waals surface area contributed by atoms with Crippen LogP contribution in [-0.4, -0.2) is 29.4 Å². The number of carbonyl (C=O) groups is 1. The monoisotopic (exact) mass is 238 g/mol. The molecular weight excluding hydrogens is 220 g/mol. The SMILES string of the molecule is CCOc1cc(C(C)(C)CO)ccc1C(=O)O. The Balaban J connectivity index is 3.23. The Labute approximate surface area is 101 Å². The van der Waals surface area contributed by atoms with Crippen LogP contribution in [0.25, 0.3) is 0 Å². The molecular formula is C13H18O4. The van der Waals surface area contributed by atoms with E-state index in [1.54, 1.807) is 19.1 Å². The highest BCUT2D eigenvalue weighted by Crippen LogP contribution is 2.28. The van der Waals surface area contributed by atoms with E-state index in [0.29, 0.717) is 12.4 Å². The maximum Gasteiger partial charge on any atom is 0.339 e. The average molecular weight is 238 g/mol. The number of benzene rings is 1. The van der Waals surface area contributed by atoms with Crippen LogP contribution in [0.4, 0.5) is 0 Å². The third kappa shape index (κ3) is 2.97. The first-order valence-corrected chi connectivity index (χ1v) is 5.54. The number of aliphatic hydroxyl groups excluding tert-OH is 1. The van der Waals surface area contributed by atoms with Gasteiger partial charge in [0, 0.05) is 5.41 Å². The van der Waals surface area contributed by atoms with Crippen LogP contribution in [0, 0.1) is 0 Å². The van der Waals surface area contributed by atoms with Crippen molar-refractivity contribution in [3.63, 3.8) is 0 Å². The lowest BCUT2D eigenvalue weighted by atomic mass is 9.85. The molecule has 4 nitrogen and oxygen atoms in total. The zero-order valence-electron chi connectivity index (χ0n) is 10.4. The van der Waals surface area contributed by atoms with Crippen molar-refractivity contribution >= 4 is 5.97 Å². The molecule has 0 unspecified atom stereocenters. The van der Waals surface area contributed by atoms with Gasteiger partial charge in [0.25, 0.3) is 0 Å². The molecule has 94 valence electrons. The van der Waals surface area contributed by atoms with Gasteiger partial charge in [0.15, 0.2) is 0 Å². The molecule has 1 aromatic carbocycles. The predicted octanol–water partition coefficient (Wildman–Crippen LogP) is 2.05. The Morgan fingerprint density at radius 3 is 2.53 bits per heavy atom. The van der Waals surface area contributed by atoms with Gasteiger partial charge in [-0.1, -0.05) is 19.9 Å². The average Bonchev–Trinajstić information content (AvgIpc) is 2.29. The third-order valence-electron chi connectivity index (χ3n) is 2.69. The molecule has 0 aromatic heterocycles. The second kappa shape index (κ2) is 5.19. The fourth-order valence-corrected chi connectivity index (χ4v) is 1.49. The molecule has 0 bridgehead atoms. The van der Waals surface area contributed by atoms with Crippen molar-refractivity contribution < 1.29 is 19.7 Å². The summed E-state index contributed by atoms with van der Waals surface area (Å²) in [7, 11) is 0. The highest BCUT2D eigenvalue weighted by Gasteiger charge is 2.22. The molecule has 0 radical (unpaired) electrons. The standard InChI is InChI=1S/C13H18O4/c1-4-17-11-7-9(13(2,3)8-14)5-6-10(11)12(15)16/h5-7,14H,4,8H2,1-3H3,(H,15,16). The maximum atomic E-state index is 11.0. The van der Waals surface area contributed by atoms with E-state index in [9.17, 15) is 9.90 Å². The number of carboxylic acid groups (broad SMARTS) is 1. The van der Waals surface area contributed by atoms with E-state index in [1.807, 2.05) is 13.8 Å². The first-order chi connectivity index (χ1) is 7.92. The largest absolute Gasteiger partial charge is 0.493 e. The summed E-state index contributed by atoms with van der Waals surface area (Å²) < 4.78 is 5.32. The lowest BCUT2D eigenvalue weighted by Crippen LogP contribution is -2.22. The van der Waals surface area contributed by atoms with Crippen LogP contribution in [0.3, 0.4) is 0 Å². The molecule has 1 aromatic rings. The summed E-state index contributed by atoms with van der Waals surface area (Å²) in [4.78, 5) is 11.0. The van der Waals surface area contributed by atoms with Crippen LogP contribution in [0.2, 0.25) is 0 Å². The number of aliphatic hydroxyl groups is 1. The summed E-state index contributed by atoms with van der Waals surface area (Å²) in [5.41, 5.74) is 0.584. The molecule has 0 spiro atoms. The Morgan fingerprint density at radius 2 is 2.06 bits per heavy atom. The lowest BCUT2D eigenvalue weighted by molar-refractivity contribution is 0.0692. The molecule has 0 heterocycles. The fourth-order valence-electron chi connectivity index (χ4n) is 1.49. The molecule has 0 aliphatic carbocycles. The summed E-state index contributed by atoms with van der Waals surface area (Å²) in [6, 6.07) is 4.91. The molecule has 0 fully saturated rings. The molecule has 2 N–H and O–H groups in total. The summed E-state index contributed by atoms with van der Waals surface area (Å²) >= 11 is 0. The van der Waals surface area contributed by atoms with Gasteiger partial charge in [-0.15, -0.1) is 0 Å². The minimum atomic E-state index is -1.01. The van der Waals surface area contributed by atoms with Crippen LogP contribution in [0.15, 0.2) is 18.2 Å². The van der Waals surface area contributed by atoms with E-state index in [2.05, 4.69) is 0 Å². The van der Waals surface area contributed by atoms with Crippen molar-refractivity contribution in [2.75, 3.05) is 13.2 Å². The second-order valence-electron chi connectivity index (χ2n) is 4.49. The van der Waals surface area contributed by atoms with E-state index in [0.717, 1.165) is 5.56 Å². The molecule has 0 aliphatic rings. The van der Waals surface area contributed by atoms with Gasteiger partial charge in [0.2, 0.25) is 0 Å². The van der Waals surface area contributed by atoms with Gasteiger partial charge in [-0.25, -0.2) is 4.79 Å². The quantitative estimate of drug-likeness (QED) is 0.824. The van der Waals surface area contributed by atoms with Crippen molar-refractivity contribution in [3.8, 4) is 5.75 Å². The third-order valence-corrected chi connectivity index (χ3v) is 2.69. The number of carboxylic acids is 1. The van der Waals surface area contributed by atoms with Crippen LogP contribution in [-0.2, 0) is 5.41 Å². The van der Waals surface area contributed by atoms with E-state index >= 15 is 0 Å². The molecule has 0 amide bonds. The fraction of sp³-hybridized carbons (Fsp3) is 0.462. The van der Waals surface area contributed by atoms with E-state index in [4.69, 9.17) is 9.84 Å². The van der Waals surface area contributed by atoms with Gasteiger partial charge < -0.3 is 14.9 Å².